The van der Waals surface area contributed by atoms with Gasteiger partial charge in [-0.05, 0) is 24.0 Å². The Labute approximate surface area is 142 Å². The maximum Gasteiger partial charge on any atom is 0.315 e. The van der Waals surface area contributed by atoms with Crippen LogP contribution < -0.4 is 10.6 Å². The fourth-order valence-corrected chi connectivity index (χ4v) is 2.06. The molecule has 1 atom stereocenters. The number of imidazole rings is 1. The Bertz CT molecular complexity index is 634. The molecule has 0 aliphatic carbocycles. The van der Waals surface area contributed by atoms with Crippen LogP contribution in [-0.2, 0) is 13.1 Å². The van der Waals surface area contributed by atoms with Crippen LogP contribution in [0.5, 0.6) is 0 Å². The zero-order valence-electron chi connectivity index (χ0n) is 14.5. The number of nitrogens with zero attached hydrogens (tertiary/aromatic N) is 2. The van der Waals surface area contributed by atoms with E-state index in [0.29, 0.717) is 6.54 Å². The summed E-state index contributed by atoms with van der Waals surface area (Å²) >= 11 is 0. The smallest absolute Gasteiger partial charge is 0.315 e. The van der Waals surface area contributed by atoms with Gasteiger partial charge in [0, 0.05) is 32.0 Å². The number of carbonyl (C=O) groups is 1. The molecule has 3 N–H and O–H groups in total. The van der Waals surface area contributed by atoms with Crippen LogP contribution in [0.1, 0.15) is 31.9 Å². The summed E-state index contributed by atoms with van der Waals surface area (Å²) in [6, 6.07) is 7.79. The maximum absolute atomic E-state index is 11.8. The number of urea groups is 1. The summed E-state index contributed by atoms with van der Waals surface area (Å²) in [6.45, 7) is 7.01. The summed E-state index contributed by atoms with van der Waals surface area (Å²) in [5.74, 6) is 0.0702. The Morgan fingerprint density at radius 1 is 1.25 bits per heavy atom. The van der Waals surface area contributed by atoms with Crippen LogP contribution in [0, 0.1) is 5.92 Å². The molecule has 24 heavy (non-hydrogen) atoms. The molecular formula is C18H26N4O2. The predicted molar refractivity (Wildman–Crippen MR) is 93.5 cm³/mol. The zero-order valence-corrected chi connectivity index (χ0v) is 14.5. The van der Waals surface area contributed by atoms with Gasteiger partial charge in [0.25, 0.3) is 0 Å². The van der Waals surface area contributed by atoms with Crippen LogP contribution in [0.3, 0.4) is 0 Å². The lowest BCUT2D eigenvalue weighted by Crippen LogP contribution is -2.47. The summed E-state index contributed by atoms with van der Waals surface area (Å²) in [5.41, 5.74) is 1.29. The zero-order chi connectivity index (χ0) is 17.6. The lowest BCUT2D eigenvalue weighted by atomic mass is 9.93. The van der Waals surface area contributed by atoms with Gasteiger partial charge in [0.05, 0.1) is 11.9 Å². The molecule has 0 saturated heterocycles. The molecule has 0 bridgehead atoms. The minimum Gasteiger partial charge on any atom is -0.388 e. The van der Waals surface area contributed by atoms with Gasteiger partial charge in [-0.15, -0.1) is 0 Å². The number of carbonyl (C=O) groups excluding carboxylic acids is 1. The van der Waals surface area contributed by atoms with Crippen molar-refractivity contribution in [3.63, 3.8) is 0 Å². The van der Waals surface area contributed by atoms with Crippen molar-refractivity contribution in [3.05, 3.63) is 54.1 Å². The molecule has 1 aromatic heterocycles. The Morgan fingerprint density at radius 2 is 1.92 bits per heavy atom. The highest BCUT2D eigenvalue weighted by molar-refractivity contribution is 5.73. The van der Waals surface area contributed by atoms with Gasteiger partial charge in [-0.3, -0.25) is 0 Å². The molecule has 0 radical (unpaired) electrons. The topological polar surface area (TPSA) is 79.2 Å². The molecule has 0 aliphatic heterocycles. The van der Waals surface area contributed by atoms with Crippen molar-refractivity contribution in [1.29, 1.82) is 0 Å². The van der Waals surface area contributed by atoms with Crippen molar-refractivity contribution in [2.75, 3.05) is 6.54 Å². The number of rotatable bonds is 7. The highest BCUT2D eigenvalue weighted by Crippen LogP contribution is 2.14. The monoisotopic (exact) mass is 330 g/mol. The van der Waals surface area contributed by atoms with E-state index >= 15 is 0 Å². The molecule has 2 aromatic rings. The Balaban J connectivity index is 1.76. The first-order valence-corrected chi connectivity index (χ1v) is 8.14. The standard InChI is InChI=1S/C18H26N4O2/c1-14(2)18(3,24)12-21-17(23)20-10-15-4-6-16(7-5-15)11-22-9-8-19-13-22/h4-9,13-14,24H,10-12H2,1-3H3,(H2,20,21,23). The second kappa shape index (κ2) is 7.97. The Hall–Kier alpha value is -2.34. The number of amides is 2. The van der Waals surface area contributed by atoms with Gasteiger partial charge in [0.2, 0.25) is 0 Å². The van der Waals surface area contributed by atoms with Crippen LogP contribution in [0.25, 0.3) is 0 Å². The van der Waals surface area contributed by atoms with Gasteiger partial charge in [-0.1, -0.05) is 38.1 Å². The van der Waals surface area contributed by atoms with Crippen LogP contribution in [0.2, 0.25) is 0 Å². The van der Waals surface area contributed by atoms with Gasteiger partial charge in [-0.2, -0.15) is 0 Å². The molecular weight excluding hydrogens is 304 g/mol. The maximum atomic E-state index is 11.8. The number of aromatic nitrogens is 2. The summed E-state index contributed by atoms with van der Waals surface area (Å²) in [7, 11) is 0. The van der Waals surface area contributed by atoms with Crippen molar-refractivity contribution in [3.8, 4) is 0 Å². The first kappa shape index (κ1) is 18.0. The number of hydrogen-bond donors (Lipinski definition) is 3. The van der Waals surface area contributed by atoms with E-state index in [2.05, 4.69) is 15.6 Å². The van der Waals surface area contributed by atoms with Crippen molar-refractivity contribution in [1.82, 2.24) is 20.2 Å². The average Bonchev–Trinajstić information content (AvgIpc) is 3.05. The third-order valence-corrected chi connectivity index (χ3v) is 4.25. The lowest BCUT2D eigenvalue weighted by molar-refractivity contribution is 0.0166. The first-order chi connectivity index (χ1) is 11.4. The highest BCUT2D eigenvalue weighted by atomic mass is 16.3. The molecule has 6 nitrogen and oxygen atoms in total. The summed E-state index contributed by atoms with van der Waals surface area (Å²) in [5, 5.41) is 15.6. The van der Waals surface area contributed by atoms with E-state index < -0.39 is 5.60 Å². The molecule has 1 unspecified atom stereocenters. The number of benzene rings is 1. The van der Waals surface area contributed by atoms with E-state index in [9.17, 15) is 9.90 Å². The minimum absolute atomic E-state index is 0.0702. The molecule has 6 heteroatoms. The largest absolute Gasteiger partial charge is 0.388 e. The molecule has 2 amide bonds. The Kier molecular flexibility index (Phi) is 5.98. The fraction of sp³-hybridized carbons (Fsp3) is 0.444. The quantitative estimate of drug-likeness (QED) is 0.728. The fourth-order valence-electron chi connectivity index (χ4n) is 2.06. The van der Waals surface area contributed by atoms with Gasteiger partial charge in [0.15, 0.2) is 0 Å². The number of aliphatic hydroxyl groups is 1. The number of nitrogens with one attached hydrogen (secondary N) is 2. The molecule has 0 spiro atoms. The normalized spacial score (nSPS) is 13.5. The molecule has 1 aromatic carbocycles. The van der Waals surface area contributed by atoms with Crippen LogP contribution >= 0.6 is 0 Å². The highest BCUT2D eigenvalue weighted by Gasteiger charge is 2.25. The number of hydrogen-bond acceptors (Lipinski definition) is 3. The second-order valence-corrected chi connectivity index (χ2v) is 6.60. The SMILES string of the molecule is CC(C)C(C)(O)CNC(=O)NCc1ccc(Cn2ccnc2)cc1. The van der Waals surface area contributed by atoms with Gasteiger partial charge in [0.1, 0.15) is 0 Å². The van der Waals surface area contributed by atoms with E-state index in [1.807, 2.05) is 48.9 Å². The molecule has 0 saturated carbocycles. The van der Waals surface area contributed by atoms with E-state index in [4.69, 9.17) is 0 Å². The van der Waals surface area contributed by atoms with Crippen LogP contribution in [0.15, 0.2) is 43.0 Å². The van der Waals surface area contributed by atoms with Gasteiger partial charge >= 0.3 is 6.03 Å². The lowest BCUT2D eigenvalue weighted by Gasteiger charge is -2.27. The van der Waals surface area contributed by atoms with Gasteiger partial charge < -0.3 is 20.3 Å². The molecule has 130 valence electrons. The third-order valence-electron chi connectivity index (χ3n) is 4.25. The van der Waals surface area contributed by atoms with Crippen molar-refractivity contribution >= 4 is 6.03 Å². The molecule has 0 fully saturated rings. The van der Waals surface area contributed by atoms with E-state index in [1.54, 1.807) is 19.4 Å². The first-order valence-electron chi connectivity index (χ1n) is 8.14. The Morgan fingerprint density at radius 3 is 2.50 bits per heavy atom. The van der Waals surface area contributed by atoms with E-state index in [1.165, 1.54) is 5.56 Å². The van der Waals surface area contributed by atoms with E-state index in [-0.39, 0.29) is 18.5 Å². The van der Waals surface area contributed by atoms with Crippen molar-refractivity contribution in [2.24, 2.45) is 5.92 Å². The summed E-state index contributed by atoms with van der Waals surface area (Å²) in [4.78, 5) is 15.8. The van der Waals surface area contributed by atoms with Crippen molar-refractivity contribution < 1.29 is 9.90 Å². The molecule has 0 aliphatic rings. The van der Waals surface area contributed by atoms with Crippen LogP contribution in [-0.4, -0.2) is 32.8 Å². The van der Waals surface area contributed by atoms with Gasteiger partial charge in [-0.25, -0.2) is 9.78 Å². The van der Waals surface area contributed by atoms with Crippen molar-refractivity contribution in [2.45, 2.75) is 39.5 Å². The predicted octanol–water partition coefficient (Wildman–Crippen LogP) is 2.14. The minimum atomic E-state index is -0.910. The van der Waals surface area contributed by atoms with Crippen LogP contribution in [0.4, 0.5) is 4.79 Å². The summed E-state index contributed by atoms with van der Waals surface area (Å²) < 4.78 is 2.00. The molecule has 2 rings (SSSR count). The average molecular weight is 330 g/mol. The third kappa shape index (κ3) is 5.38. The summed E-state index contributed by atoms with van der Waals surface area (Å²) in [6.07, 6.45) is 5.46. The molecule has 1 heterocycles. The van der Waals surface area contributed by atoms with E-state index in [0.717, 1.165) is 12.1 Å². The second-order valence-electron chi connectivity index (χ2n) is 6.60.